The van der Waals surface area contributed by atoms with Crippen LogP contribution in [-0.4, -0.2) is 38.1 Å². The van der Waals surface area contributed by atoms with E-state index in [9.17, 15) is 9.59 Å². The smallest absolute Gasteiger partial charge is 0.307 e. The number of nitrogens with one attached hydrogen (secondary N) is 2. The largest absolute Gasteiger partial charge is 0.469 e. The lowest BCUT2D eigenvalue weighted by atomic mass is 10.0. The zero-order chi connectivity index (χ0) is 15.7. The highest BCUT2D eigenvalue weighted by atomic mass is 16.5. The average molecular weight is 292 g/mol. The van der Waals surface area contributed by atoms with Crippen LogP contribution in [0.3, 0.4) is 0 Å². The van der Waals surface area contributed by atoms with Crippen LogP contribution in [0.25, 0.3) is 0 Å². The summed E-state index contributed by atoms with van der Waals surface area (Å²) < 4.78 is 4.73. The van der Waals surface area contributed by atoms with Crippen LogP contribution in [0.15, 0.2) is 24.3 Å². The molecular formula is C16H24N2O3. The summed E-state index contributed by atoms with van der Waals surface area (Å²) in [4.78, 5) is 22.3. The molecule has 1 aromatic rings. The van der Waals surface area contributed by atoms with Gasteiger partial charge in [-0.05, 0) is 18.9 Å². The van der Waals surface area contributed by atoms with Gasteiger partial charge in [-0.1, -0.05) is 29.8 Å². The van der Waals surface area contributed by atoms with Crippen molar-refractivity contribution in [3.8, 4) is 0 Å². The van der Waals surface area contributed by atoms with Gasteiger partial charge in [-0.2, -0.15) is 0 Å². The highest BCUT2D eigenvalue weighted by Crippen LogP contribution is 2.08. The Kier molecular flexibility index (Phi) is 7.46. The molecule has 1 unspecified atom stereocenters. The lowest BCUT2D eigenvalue weighted by molar-refractivity contribution is -0.141. The summed E-state index contributed by atoms with van der Waals surface area (Å²) in [6.45, 7) is 4.69. The van der Waals surface area contributed by atoms with Crippen molar-refractivity contribution in [2.24, 2.45) is 0 Å². The first-order valence-electron chi connectivity index (χ1n) is 7.11. The molecule has 21 heavy (non-hydrogen) atoms. The van der Waals surface area contributed by atoms with Gasteiger partial charge in [0, 0.05) is 26.1 Å². The summed E-state index contributed by atoms with van der Waals surface area (Å²) in [6, 6.07) is 8.24. The first kappa shape index (κ1) is 17.2. The average Bonchev–Trinajstić information content (AvgIpc) is 2.45. The molecule has 0 saturated heterocycles. The number of hydrogen-bond acceptors (Lipinski definition) is 4. The Morgan fingerprint density at radius 1 is 1.19 bits per heavy atom. The van der Waals surface area contributed by atoms with Gasteiger partial charge in [-0.15, -0.1) is 0 Å². The fraction of sp³-hybridized carbons (Fsp3) is 0.500. The molecular weight excluding hydrogens is 268 g/mol. The van der Waals surface area contributed by atoms with Crippen LogP contribution < -0.4 is 10.6 Å². The van der Waals surface area contributed by atoms with Gasteiger partial charge in [0.05, 0.1) is 13.5 Å². The molecule has 0 aromatic heterocycles. The molecule has 116 valence electrons. The number of esters is 1. The van der Waals surface area contributed by atoms with Crippen LogP contribution in [0.1, 0.15) is 24.5 Å². The van der Waals surface area contributed by atoms with Crippen LogP contribution in [0.2, 0.25) is 0 Å². The summed E-state index contributed by atoms with van der Waals surface area (Å²) in [5.41, 5.74) is 2.38. The van der Waals surface area contributed by atoms with Crippen molar-refractivity contribution in [1.82, 2.24) is 10.6 Å². The number of carbonyl (C=O) groups is 2. The molecule has 0 fully saturated rings. The van der Waals surface area contributed by atoms with Gasteiger partial charge in [-0.3, -0.25) is 9.59 Å². The number of aryl methyl sites for hydroxylation is 1. The normalized spacial score (nSPS) is 11.8. The molecule has 2 N–H and O–H groups in total. The molecule has 0 saturated carbocycles. The maximum atomic E-state index is 11.5. The van der Waals surface area contributed by atoms with Crippen molar-refractivity contribution >= 4 is 11.9 Å². The number of amides is 1. The number of benzene rings is 1. The van der Waals surface area contributed by atoms with E-state index in [0.29, 0.717) is 19.5 Å². The molecule has 0 radical (unpaired) electrons. The first-order valence-corrected chi connectivity index (χ1v) is 7.11. The third kappa shape index (κ3) is 7.46. The summed E-state index contributed by atoms with van der Waals surface area (Å²) in [7, 11) is 1.39. The maximum Gasteiger partial charge on any atom is 0.307 e. The molecule has 1 aromatic carbocycles. The second kappa shape index (κ2) is 9.13. The van der Waals surface area contributed by atoms with Crippen LogP contribution in [0, 0.1) is 6.92 Å². The molecule has 1 atom stereocenters. The van der Waals surface area contributed by atoms with Crippen LogP contribution >= 0.6 is 0 Å². The number of ether oxygens (including phenoxy) is 1. The predicted octanol–water partition coefficient (Wildman–Crippen LogP) is 1.19. The molecule has 0 aliphatic carbocycles. The summed E-state index contributed by atoms with van der Waals surface area (Å²) in [5.74, 6) is -0.293. The van der Waals surface area contributed by atoms with E-state index in [2.05, 4.69) is 34.9 Å². The minimum absolute atomic E-state index is 0.00563. The predicted molar refractivity (Wildman–Crippen MR) is 82.0 cm³/mol. The number of hydrogen-bond donors (Lipinski definition) is 2. The number of rotatable bonds is 8. The second-order valence-corrected chi connectivity index (χ2v) is 5.10. The monoisotopic (exact) mass is 292 g/mol. The molecule has 0 heterocycles. The Morgan fingerprint density at radius 2 is 1.86 bits per heavy atom. The van der Waals surface area contributed by atoms with Gasteiger partial charge in [0.25, 0.3) is 0 Å². The number of carbonyl (C=O) groups excluding carboxylic acids is 2. The van der Waals surface area contributed by atoms with E-state index in [1.807, 2.05) is 6.92 Å². The van der Waals surface area contributed by atoms with Crippen molar-refractivity contribution in [1.29, 1.82) is 0 Å². The van der Waals surface area contributed by atoms with Crippen molar-refractivity contribution in [3.63, 3.8) is 0 Å². The van der Waals surface area contributed by atoms with Crippen LogP contribution in [0.4, 0.5) is 0 Å². The highest BCUT2D eigenvalue weighted by Gasteiger charge is 2.14. The first-order chi connectivity index (χ1) is 10.0. The Morgan fingerprint density at radius 3 is 2.43 bits per heavy atom. The summed E-state index contributed by atoms with van der Waals surface area (Å²) in [5, 5.41) is 6.01. The van der Waals surface area contributed by atoms with E-state index in [-0.39, 0.29) is 17.9 Å². The van der Waals surface area contributed by atoms with Gasteiger partial charge in [-0.25, -0.2) is 0 Å². The molecule has 0 aliphatic rings. The van der Waals surface area contributed by atoms with Crippen molar-refractivity contribution < 1.29 is 14.3 Å². The molecule has 0 bridgehead atoms. The topological polar surface area (TPSA) is 67.4 Å². The molecule has 5 heteroatoms. The van der Waals surface area contributed by atoms with Crippen molar-refractivity contribution in [2.45, 2.75) is 32.7 Å². The third-order valence-electron chi connectivity index (χ3n) is 3.18. The molecule has 5 nitrogen and oxygen atoms in total. The Balaban J connectivity index is 2.52. The molecule has 0 aliphatic heterocycles. The Hall–Kier alpha value is -1.88. The minimum Gasteiger partial charge on any atom is -0.469 e. The Bertz CT molecular complexity index is 457. The summed E-state index contributed by atoms with van der Waals surface area (Å²) >= 11 is 0. The minimum atomic E-state index is -0.237. The lowest BCUT2D eigenvalue weighted by Gasteiger charge is -2.18. The lowest BCUT2D eigenvalue weighted by Crippen LogP contribution is -2.39. The van der Waals surface area contributed by atoms with E-state index < -0.39 is 0 Å². The van der Waals surface area contributed by atoms with Gasteiger partial charge < -0.3 is 15.4 Å². The van der Waals surface area contributed by atoms with E-state index in [0.717, 1.165) is 6.42 Å². The van der Waals surface area contributed by atoms with E-state index in [4.69, 9.17) is 4.74 Å². The van der Waals surface area contributed by atoms with E-state index in [1.165, 1.54) is 25.2 Å². The SMILES string of the molecule is COC(=O)CC(Cc1ccc(C)cc1)NCCNC(C)=O. The third-order valence-corrected chi connectivity index (χ3v) is 3.18. The second-order valence-electron chi connectivity index (χ2n) is 5.10. The van der Waals surface area contributed by atoms with Crippen LogP contribution in [-0.2, 0) is 20.7 Å². The maximum absolute atomic E-state index is 11.5. The standard InChI is InChI=1S/C16H24N2O3/c1-12-4-6-14(7-5-12)10-15(11-16(20)21-3)18-9-8-17-13(2)19/h4-7,15,18H,8-11H2,1-3H3,(H,17,19). The van der Waals surface area contributed by atoms with Crippen molar-refractivity contribution in [3.05, 3.63) is 35.4 Å². The zero-order valence-corrected chi connectivity index (χ0v) is 12.9. The molecule has 1 amide bonds. The van der Waals surface area contributed by atoms with Gasteiger partial charge >= 0.3 is 5.97 Å². The van der Waals surface area contributed by atoms with Gasteiger partial charge in [0.15, 0.2) is 0 Å². The molecule has 0 spiro atoms. The quantitative estimate of drug-likeness (QED) is 0.558. The number of methoxy groups -OCH3 is 1. The highest BCUT2D eigenvalue weighted by molar-refractivity contribution is 5.72. The van der Waals surface area contributed by atoms with E-state index in [1.54, 1.807) is 0 Å². The van der Waals surface area contributed by atoms with Crippen molar-refractivity contribution in [2.75, 3.05) is 20.2 Å². The fourth-order valence-electron chi connectivity index (χ4n) is 2.02. The summed E-state index contributed by atoms with van der Waals surface area (Å²) in [6.07, 6.45) is 1.06. The van der Waals surface area contributed by atoms with Gasteiger partial charge in [0.2, 0.25) is 5.91 Å². The molecule has 1 rings (SSSR count). The van der Waals surface area contributed by atoms with Crippen LogP contribution in [0.5, 0.6) is 0 Å². The van der Waals surface area contributed by atoms with E-state index >= 15 is 0 Å². The Labute approximate surface area is 126 Å². The van der Waals surface area contributed by atoms with Gasteiger partial charge in [0.1, 0.15) is 0 Å². The zero-order valence-electron chi connectivity index (χ0n) is 12.9. The fourth-order valence-corrected chi connectivity index (χ4v) is 2.02.